The van der Waals surface area contributed by atoms with Gasteiger partial charge in [-0.15, -0.1) is 0 Å². The molecule has 0 spiro atoms. The fraction of sp³-hybridized carbons (Fsp3) is 0.875. The average Bonchev–Trinajstić information content (AvgIpc) is 2.08. The first-order valence-corrected chi connectivity index (χ1v) is 3.69. The van der Waals surface area contributed by atoms with Crippen molar-refractivity contribution in [1.82, 2.24) is 0 Å². The van der Waals surface area contributed by atoms with Crippen LogP contribution in [0.5, 0.6) is 0 Å². The van der Waals surface area contributed by atoms with E-state index in [0.717, 1.165) is 12.8 Å². The van der Waals surface area contributed by atoms with Gasteiger partial charge in [-0.05, 0) is 0 Å². The zero-order valence-corrected chi connectivity index (χ0v) is 10.8. The molecule has 0 aliphatic rings. The van der Waals surface area contributed by atoms with Crippen molar-refractivity contribution in [1.29, 1.82) is 0 Å². The molecule has 0 saturated heterocycles. The van der Waals surface area contributed by atoms with Gasteiger partial charge in [-0.1, -0.05) is 6.42 Å². The maximum absolute atomic E-state index is 5.07. The second kappa shape index (κ2) is 11.0. The Kier molecular flexibility index (Phi) is 16.5. The van der Waals surface area contributed by atoms with Gasteiger partial charge in [0.15, 0.2) is 0 Å². The molecule has 0 atom stereocenters. The van der Waals surface area contributed by atoms with Gasteiger partial charge in [0.1, 0.15) is 0 Å². The van der Waals surface area contributed by atoms with Crippen molar-refractivity contribution >= 4 is 23.1 Å². The summed E-state index contributed by atoms with van der Waals surface area (Å²) >= 11 is 0. The minimum absolute atomic E-state index is 0. The van der Waals surface area contributed by atoms with Crippen LogP contribution in [0, 0.1) is 6.92 Å². The minimum Gasteiger partial charge on any atom is -1.00 e. The Morgan fingerprint density at radius 2 is 1.46 bits per heavy atom. The number of ether oxygens (including phenoxy) is 3. The van der Waals surface area contributed by atoms with Crippen molar-refractivity contribution in [2.45, 2.75) is 25.2 Å². The molecule has 0 bridgehead atoms. The Hall–Kier alpha value is 0.936. The van der Waals surface area contributed by atoms with Crippen molar-refractivity contribution < 1.29 is 26.6 Å². The third-order valence-electron chi connectivity index (χ3n) is 1.67. The van der Waals surface area contributed by atoms with Gasteiger partial charge in [-0.25, -0.2) is 0 Å². The van der Waals surface area contributed by atoms with Crippen LogP contribution < -0.4 is 12.4 Å². The van der Waals surface area contributed by atoms with Crippen LogP contribution in [0.4, 0.5) is 0 Å². The molecule has 0 radical (unpaired) electrons. The summed E-state index contributed by atoms with van der Waals surface area (Å²) in [6.45, 7) is 3.72. The summed E-state index contributed by atoms with van der Waals surface area (Å²) in [6, 6.07) is 0. The number of methoxy groups -OCH3 is 3. The molecule has 0 aromatic rings. The van der Waals surface area contributed by atoms with E-state index in [1.54, 1.807) is 21.3 Å². The van der Waals surface area contributed by atoms with Gasteiger partial charge in [0.2, 0.25) is 0 Å². The maximum Gasteiger partial charge on any atom is 2.00 e. The van der Waals surface area contributed by atoms with Gasteiger partial charge in [-0.2, -0.15) is 6.42 Å². The third kappa shape index (κ3) is 6.94. The molecule has 0 amide bonds. The fourth-order valence-electron chi connectivity index (χ4n) is 0.898. The van der Waals surface area contributed by atoms with E-state index in [0.29, 0.717) is 6.42 Å². The van der Waals surface area contributed by atoms with Gasteiger partial charge < -0.3 is 33.5 Å². The summed E-state index contributed by atoms with van der Waals surface area (Å²) in [7, 11) is 4.70. The molecule has 0 saturated carbocycles. The van der Waals surface area contributed by atoms with Crippen LogP contribution in [0.15, 0.2) is 0 Å². The molecule has 0 rings (SSSR count). The first kappa shape index (κ1) is 19.5. The van der Waals surface area contributed by atoms with Crippen molar-refractivity contribution in [3.63, 3.8) is 0 Å². The maximum atomic E-state index is 5.07. The van der Waals surface area contributed by atoms with Gasteiger partial charge in [0.05, 0.1) is 0 Å². The normalized spacial score (nSPS) is 10.2. The summed E-state index contributed by atoms with van der Waals surface area (Å²) < 4.78 is 15.2. The molecule has 0 N–H and O–H groups in total. The van der Waals surface area contributed by atoms with E-state index in [4.69, 9.17) is 14.2 Å². The summed E-state index contributed by atoms with van der Waals surface area (Å²) in [5.74, 6) is -0.863. The number of halogens is 1. The minimum atomic E-state index is -0.863. The topological polar surface area (TPSA) is 27.7 Å². The van der Waals surface area contributed by atoms with Crippen LogP contribution in [0.1, 0.15) is 19.3 Å². The van der Waals surface area contributed by atoms with Gasteiger partial charge in [-0.3, -0.25) is 0 Å². The molecule has 0 aromatic carbocycles. The monoisotopic (exact) mass is 220 g/mol. The summed E-state index contributed by atoms with van der Waals surface area (Å²) in [5.41, 5.74) is 0. The predicted molar refractivity (Wildman–Crippen MR) is 48.7 cm³/mol. The van der Waals surface area contributed by atoms with Crippen LogP contribution in [0.2, 0.25) is 0 Å². The first-order valence-electron chi connectivity index (χ1n) is 3.69. The third-order valence-corrected chi connectivity index (χ3v) is 1.67. The molecular weight excluding hydrogens is 204 g/mol. The zero-order chi connectivity index (χ0) is 8.74. The Labute approximate surface area is 103 Å². The molecule has 13 heavy (non-hydrogen) atoms. The molecule has 0 heterocycles. The van der Waals surface area contributed by atoms with E-state index in [-0.39, 0.29) is 35.5 Å². The second-order valence-electron chi connectivity index (χ2n) is 2.25. The van der Waals surface area contributed by atoms with Gasteiger partial charge in [0, 0.05) is 27.8 Å². The number of hydrogen-bond donors (Lipinski definition) is 0. The van der Waals surface area contributed by atoms with Crippen LogP contribution >= 0.6 is 0 Å². The molecular formula is C8H17ClMgO3. The van der Waals surface area contributed by atoms with Crippen LogP contribution in [0.25, 0.3) is 0 Å². The first-order chi connectivity index (χ1) is 5.24. The smallest absolute Gasteiger partial charge is 1.00 e. The molecule has 5 heteroatoms. The Bertz CT molecular complexity index is 91.1. The van der Waals surface area contributed by atoms with E-state index in [2.05, 4.69) is 6.92 Å². The van der Waals surface area contributed by atoms with E-state index in [1.165, 1.54) is 0 Å². The van der Waals surface area contributed by atoms with Crippen molar-refractivity contribution in [3.05, 3.63) is 6.92 Å². The summed E-state index contributed by atoms with van der Waals surface area (Å²) in [5, 5.41) is 0. The predicted octanol–water partition coefficient (Wildman–Crippen LogP) is -1.79. The largest absolute Gasteiger partial charge is 2.00 e. The van der Waals surface area contributed by atoms with Crippen molar-refractivity contribution in [2.75, 3.05) is 21.3 Å². The zero-order valence-electron chi connectivity index (χ0n) is 8.64. The summed E-state index contributed by atoms with van der Waals surface area (Å²) in [6.07, 6.45) is 2.49. The molecule has 0 aliphatic heterocycles. The number of unbranched alkanes of at least 4 members (excludes halogenated alkanes) is 1. The fourth-order valence-corrected chi connectivity index (χ4v) is 0.898. The quantitative estimate of drug-likeness (QED) is 0.301. The molecule has 0 fully saturated rings. The molecule has 0 aliphatic carbocycles. The number of rotatable bonds is 6. The van der Waals surface area contributed by atoms with Crippen LogP contribution in [-0.2, 0) is 14.2 Å². The molecule has 76 valence electrons. The molecule has 0 aromatic heterocycles. The van der Waals surface area contributed by atoms with Gasteiger partial charge >= 0.3 is 23.1 Å². The van der Waals surface area contributed by atoms with Gasteiger partial charge in [0.25, 0.3) is 5.97 Å². The van der Waals surface area contributed by atoms with Crippen molar-refractivity contribution in [3.8, 4) is 0 Å². The van der Waals surface area contributed by atoms with Crippen LogP contribution in [0.3, 0.4) is 0 Å². The number of hydrogen-bond acceptors (Lipinski definition) is 3. The summed E-state index contributed by atoms with van der Waals surface area (Å²) in [4.78, 5) is 0. The Balaban J connectivity index is -0.000000500. The Morgan fingerprint density at radius 3 is 1.69 bits per heavy atom. The second-order valence-corrected chi connectivity index (χ2v) is 2.25. The Morgan fingerprint density at radius 1 is 1.08 bits per heavy atom. The standard InChI is InChI=1S/C8H17O3.ClH.Mg/c1-5-6-7-8(9-2,10-3)11-4;;/h1,5-7H2,2-4H3;1H;/q-1;;+2/p-1. The van der Waals surface area contributed by atoms with E-state index in [9.17, 15) is 0 Å². The van der Waals surface area contributed by atoms with E-state index >= 15 is 0 Å². The van der Waals surface area contributed by atoms with Crippen LogP contribution in [-0.4, -0.2) is 50.4 Å². The van der Waals surface area contributed by atoms with Crippen molar-refractivity contribution in [2.24, 2.45) is 0 Å². The molecule has 0 unspecified atom stereocenters. The average molecular weight is 221 g/mol. The SMILES string of the molecule is [CH2-]CCCC(OC)(OC)OC.[Cl-].[Mg+2]. The molecule has 3 nitrogen and oxygen atoms in total. The van der Waals surface area contributed by atoms with E-state index in [1.807, 2.05) is 0 Å². The van der Waals surface area contributed by atoms with E-state index < -0.39 is 5.97 Å².